The second-order valence-electron chi connectivity index (χ2n) is 9.06. The molecule has 2 aromatic carbocycles. The number of hydrogen-bond acceptors (Lipinski definition) is 4. The number of halogens is 3. The third kappa shape index (κ3) is 3.67. The summed E-state index contributed by atoms with van der Waals surface area (Å²) in [4.78, 5) is 0. The summed E-state index contributed by atoms with van der Waals surface area (Å²) in [6.45, 7) is 2.01. The van der Waals surface area contributed by atoms with E-state index < -0.39 is 0 Å². The first-order valence-electron chi connectivity index (χ1n) is 11.1. The summed E-state index contributed by atoms with van der Waals surface area (Å²) < 4.78 is 8.04. The van der Waals surface area contributed by atoms with Crippen molar-refractivity contribution in [1.82, 2.24) is 20.0 Å². The van der Waals surface area contributed by atoms with Crippen molar-refractivity contribution in [3.8, 4) is 28.5 Å². The van der Waals surface area contributed by atoms with Gasteiger partial charge < -0.3 is 4.42 Å². The minimum absolute atomic E-state index is 0.369. The van der Waals surface area contributed by atoms with Gasteiger partial charge >= 0.3 is 0 Å². The fourth-order valence-electron chi connectivity index (χ4n) is 5.50. The molecule has 2 fully saturated rings. The molecule has 2 aliphatic rings. The van der Waals surface area contributed by atoms with Crippen LogP contribution in [0, 0.1) is 18.8 Å². The van der Waals surface area contributed by atoms with E-state index in [1.165, 1.54) is 19.3 Å². The second-order valence-corrected chi connectivity index (χ2v) is 10.3. The Labute approximate surface area is 206 Å². The van der Waals surface area contributed by atoms with Gasteiger partial charge in [0.05, 0.1) is 16.4 Å². The number of aromatic nitrogens is 4. The molecule has 0 amide bonds. The van der Waals surface area contributed by atoms with E-state index in [1.807, 2.05) is 41.9 Å². The molecular weight excluding hydrogens is 479 g/mol. The van der Waals surface area contributed by atoms with Crippen LogP contribution in [0.4, 0.5) is 0 Å². The minimum Gasteiger partial charge on any atom is -0.419 e. The van der Waals surface area contributed by atoms with Crippen LogP contribution in [0.25, 0.3) is 28.5 Å². The lowest BCUT2D eigenvalue weighted by Crippen LogP contribution is -2.08. The van der Waals surface area contributed by atoms with Crippen molar-refractivity contribution in [3.05, 3.63) is 69.0 Å². The first-order valence-corrected chi connectivity index (χ1v) is 12.3. The van der Waals surface area contributed by atoms with Crippen LogP contribution in [0.2, 0.25) is 15.1 Å². The lowest BCUT2D eigenvalue weighted by Gasteiger charge is -2.17. The molecule has 8 heteroatoms. The van der Waals surface area contributed by atoms with Crippen molar-refractivity contribution in [2.24, 2.45) is 11.8 Å². The molecule has 3 atom stereocenters. The van der Waals surface area contributed by atoms with Crippen LogP contribution in [-0.2, 0) is 0 Å². The standard InChI is InChI=1S/C25H21Cl3N4O/c1-13-22(25-30-29-24(33-25)19-11-14-2-3-16(19)10-14)31-32(21-9-8-18(27)12-20(21)28)23(13)15-4-6-17(26)7-5-15/h4-9,12,14,16,19H,2-3,10-11H2,1H3. The average Bonchev–Trinajstić information content (AvgIpc) is 3.58. The molecule has 168 valence electrons. The fraction of sp³-hybridized carbons (Fsp3) is 0.320. The highest BCUT2D eigenvalue weighted by molar-refractivity contribution is 6.35. The van der Waals surface area contributed by atoms with Gasteiger partial charge in [0.2, 0.25) is 5.89 Å². The predicted octanol–water partition coefficient (Wildman–Crippen LogP) is 7.76. The van der Waals surface area contributed by atoms with E-state index in [1.54, 1.807) is 12.1 Å². The summed E-state index contributed by atoms with van der Waals surface area (Å²) in [5, 5.41) is 15.4. The summed E-state index contributed by atoms with van der Waals surface area (Å²) >= 11 is 18.8. The molecule has 3 unspecified atom stereocenters. The quantitative estimate of drug-likeness (QED) is 0.288. The second kappa shape index (κ2) is 8.15. The molecule has 2 aliphatic carbocycles. The van der Waals surface area contributed by atoms with E-state index in [9.17, 15) is 0 Å². The first-order chi connectivity index (χ1) is 16.0. The molecule has 33 heavy (non-hydrogen) atoms. The third-order valence-corrected chi connectivity index (χ3v) is 7.87. The van der Waals surface area contributed by atoms with Crippen molar-refractivity contribution in [2.75, 3.05) is 0 Å². The van der Waals surface area contributed by atoms with Gasteiger partial charge in [-0.05, 0) is 68.4 Å². The monoisotopic (exact) mass is 498 g/mol. The lowest BCUT2D eigenvalue weighted by atomic mass is 9.89. The van der Waals surface area contributed by atoms with Crippen molar-refractivity contribution in [3.63, 3.8) is 0 Å². The van der Waals surface area contributed by atoms with Gasteiger partial charge in [-0.15, -0.1) is 10.2 Å². The lowest BCUT2D eigenvalue weighted by molar-refractivity contribution is 0.348. The number of fused-ring (bicyclic) bond motifs is 2. The van der Waals surface area contributed by atoms with E-state index in [4.69, 9.17) is 44.3 Å². The maximum absolute atomic E-state index is 6.56. The highest BCUT2D eigenvalue weighted by Crippen LogP contribution is 2.52. The normalized spacial score (nSPS) is 21.8. The summed E-state index contributed by atoms with van der Waals surface area (Å²) in [6.07, 6.45) is 5.02. The average molecular weight is 500 g/mol. The molecule has 0 saturated heterocycles. The Balaban J connectivity index is 1.47. The molecule has 0 aliphatic heterocycles. The van der Waals surface area contributed by atoms with Crippen LogP contribution in [0.5, 0.6) is 0 Å². The molecule has 2 aromatic heterocycles. The van der Waals surface area contributed by atoms with Gasteiger partial charge in [0.1, 0.15) is 0 Å². The molecule has 0 radical (unpaired) electrons. The van der Waals surface area contributed by atoms with E-state index in [0.29, 0.717) is 44.2 Å². The molecule has 2 heterocycles. The molecule has 6 rings (SSSR count). The Morgan fingerprint density at radius 3 is 2.42 bits per heavy atom. The Bertz CT molecular complexity index is 1340. The van der Waals surface area contributed by atoms with Crippen molar-refractivity contribution in [1.29, 1.82) is 0 Å². The topological polar surface area (TPSA) is 56.7 Å². The predicted molar refractivity (Wildman–Crippen MR) is 130 cm³/mol. The zero-order chi connectivity index (χ0) is 22.7. The Morgan fingerprint density at radius 1 is 0.939 bits per heavy atom. The van der Waals surface area contributed by atoms with E-state index >= 15 is 0 Å². The van der Waals surface area contributed by atoms with Gasteiger partial charge in [0.15, 0.2) is 5.69 Å². The molecule has 5 nitrogen and oxygen atoms in total. The summed E-state index contributed by atoms with van der Waals surface area (Å²) in [7, 11) is 0. The Morgan fingerprint density at radius 2 is 1.73 bits per heavy atom. The molecular formula is C25H21Cl3N4O. The Hall–Kier alpha value is -2.34. The Kier molecular flexibility index (Phi) is 5.24. The van der Waals surface area contributed by atoms with Gasteiger partial charge in [-0.3, -0.25) is 0 Å². The van der Waals surface area contributed by atoms with Crippen LogP contribution < -0.4 is 0 Å². The van der Waals surface area contributed by atoms with Crippen LogP contribution >= 0.6 is 34.8 Å². The first kappa shape index (κ1) is 21.2. The van der Waals surface area contributed by atoms with Crippen LogP contribution in [0.1, 0.15) is 43.1 Å². The highest BCUT2D eigenvalue weighted by atomic mass is 35.5. The van der Waals surface area contributed by atoms with Crippen molar-refractivity contribution in [2.45, 2.75) is 38.5 Å². The van der Waals surface area contributed by atoms with Crippen LogP contribution in [0.15, 0.2) is 46.9 Å². The largest absolute Gasteiger partial charge is 0.419 e. The smallest absolute Gasteiger partial charge is 0.268 e. The number of rotatable bonds is 4. The summed E-state index contributed by atoms with van der Waals surface area (Å²) in [5.41, 5.74) is 4.12. The van der Waals surface area contributed by atoms with Gasteiger partial charge in [-0.1, -0.05) is 53.4 Å². The maximum Gasteiger partial charge on any atom is 0.268 e. The molecule has 4 aromatic rings. The van der Waals surface area contributed by atoms with Crippen molar-refractivity contribution < 1.29 is 4.42 Å². The van der Waals surface area contributed by atoms with Crippen LogP contribution in [-0.4, -0.2) is 20.0 Å². The zero-order valence-electron chi connectivity index (χ0n) is 17.9. The molecule has 2 saturated carbocycles. The van der Waals surface area contributed by atoms with Gasteiger partial charge in [0, 0.05) is 27.1 Å². The van der Waals surface area contributed by atoms with Gasteiger partial charge in [-0.2, -0.15) is 5.10 Å². The molecule has 0 spiro atoms. The summed E-state index contributed by atoms with van der Waals surface area (Å²) in [5.74, 6) is 3.01. The molecule has 2 bridgehead atoms. The maximum atomic E-state index is 6.56. The van der Waals surface area contributed by atoms with Gasteiger partial charge in [-0.25, -0.2) is 4.68 Å². The van der Waals surface area contributed by atoms with Gasteiger partial charge in [0.25, 0.3) is 5.89 Å². The molecule has 0 N–H and O–H groups in total. The number of nitrogens with zero attached hydrogens (tertiary/aromatic N) is 4. The van der Waals surface area contributed by atoms with E-state index in [2.05, 4.69) is 10.2 Å². The minimum atomic E-state index is 0.369. The third-order valence-electron chi connectivity index (χ3n) is 7.08. The van der Waals surface area contributed by atoms with E-state index in [-0.39, 0.29) is 0 Å². The number of hydrogen-bond donors (Lipinski definition) is 0. The zero-order valence-corrected chi connectivity index (χ0v) is 20.2. The fourth-order valence-corrected chi connectivity index (χ4v) is 6.11. The number of benzene rings is 2. The highest BCUT2D eigenvalue weighted by Gasteiger charge is 2.43. The van der Waals surface area contributed by atoms with E-state index in [0.717, 1.165) is 35.1 Å². The van der Waals surface area contributed by atoms with Crippen molar-refractivity contribution >= 4 is 34.8 Å². The summed E-state index contributed by atoms with van der Waals surface area (Å²) in [6, 6.07) is 13.0. The SMILES string of the molecule is Cc1c(-c2nnc(C3CC4CCC3C4)o2)nn(-c2ccc(Cl)cc2Cl)c1-c1ccc(Cl)cc1. The van der Waals surface area contributed by atoms with Crippen LogP contribution in [0.3, 0.4) is 0 Å².